The minimum absolute atomic E-state index is 0.192. The molecule has 2 aromatic rings. The molecule has 2 N–H and O–H groups in total. The lowest BCUT2D eigenvalue weighted by molar-refractivity contribution is -0.133. The zero-order chi connectivity index (χ0) is 14.5. The van der Waals surface area contributed by atoms with Crippen molar-refractivity contribution in [2.75, 3.05) is 10.6 Å². The van der Waals surface area contributed by atoms with Gasteiger partial charge in [-0.15, -0.1) is 0 Å². The van der Waals surface area contributed by atoms with Crippen LogP contribution in [0.25, 0.3) is 0 Å². The highest BCUT2D eigenvalue weighted by Crippen LogP contribution is 2.29. The van der Waals surface area contributed by atoms with E-state index in [1.165, 1.54) is 6.20 Å². The van der Waals surface area contributed by atoms with Gasteiger partial charge in [-0.1, -0.05) is 35.3 Å². The molecule has 0 aliphatic rings. The Morgan fingerprint density at radius 1 is 0.900 bits per heavy atom. The van der Waals surface area contributed by atoms with E-state index in [1.807, 2.05) is 0 Å². The predicted octanol–water partition coefficient (Wildman–Crippen LogP) is 2.97. The Hall–Kier alpha value is -2.11. The number of nitrogens with zero attached hydrogens (tertiary/aromatic N) is 1. The second-order valence-corrected chi connectivity index (χ2v) is 4.53. The number of pyridine rings is 1. The van der Waals surface area contributed by atoms with Gasteiger partial charge in [-0.3, -0.25) is 9.59 Å². The monoisotopic (exact) mass is 309 g/mol. The Balaban J connectivity index is 2.07. The second kappa shape index (κ2) is 6.36. The van der Waals surface area contributed by atoms with Crippen molar-refractivity contribution in [2.45, 2.75) is 0 Å². The molecule has 2 rings (SSSR count). The molecule has 0 bridgehead atoms. The lowest BCUT2D eigenvalue weighted by Gasteiger charge is -2.08. The average molecular weight is 310 g/mol. The third-order valence-electron chi connectivity index (χ3n) is 2.31. The van der Waals surface area contributed by atoms with Crippen LogP contribution in [0, 0.1) is 0 Å². The summed E-state index contributed by atoms with van der Waals surface area (Å²) in [6.45, 7) is 0. The van der Waals surface area contributed by atoms with Crippen LogP contribution in [0.2, 0.25) is 10.0 Å². The van der Waals surface area contributed by atoms with E-state index < -0.39 is 11.8 Å². The van der Waals surface area contributed by atoms with Gasteiger partial charge in [0.15, 0.2) is 0 Å². The van der Waals surface area contributed by atoms with Crippen LogP contribution in [0.1, 0.15) is 0 Å². The molecule has 7 heteroatoms. The van der Waals surface area contributed by atoms with Gasteiger partial charge in [-0.2, -0.15) is 0 Å². The quantitative estimate of drug-likeness (QED) is 0.838. The van der Waals surface area contributed by atoms with Crippen molar-refractivity contribution < 1.29 is 9.59 Å². The molecule has 2 amide bonds. The van der Waals surface area contributed by atoms with Gasteiger partial charge in [0.05, 0.1) is 15.7 Å². The topological polar surface area (TPSA) is 71.1 Å². The molecule has 0 saturated heterocycles. The summed E-state index contributed by atoms with van der Waals surface area (Å²) in [4.78, 5) is 27.3. The van der Waals surface area contributed by atoms with Gasteiger partial charge in [0.2, 0.25) is 0 Å². The molecular formula is C13H9Cl2N3O2. The van der Waals surface area contributed by atoms with E-state index in [-0.39, 0.29) is 21.6 Å². The highest BCUT2D eigenvalue weighted by molar-refractivity contribution is 6.46. The molecule has 0 aliphatic carbocycles. The van der Waals surface area contributed by atoms with Gasteiger partial charge in [-0.05, 0) is 24.3 Å². The lowest BCUT2D eigenvalue weighted by atomic mass is 10.3. The van der Waals surface area contributed by atoms with E-state index >= 15 is 0 Å². The van der Waals surface area contributed by atoms with Crippen LogP contribution in [-0.4, -0.2) is 16.8 Å². The number of para-hydroxylation sites is 1. The first-order valence-electron chi connectivity index (χ1n) is 5.55. The molecule has 20 heavy (non-hydrogen) atoms. The van der Waals surface area contributed by atoms with Gasteiger partial charge >= 0.3 is 11.8 Å². The number of hydrogen-bond acceptors (Lipinski definition) is 3. The van der Waals surface area contributed by atoms with Crippen LogP contribution in [0.3, 0.4) is 0 Å². The highest BCUT2D eigenvalue weighted by Gasteiger charge is 2.17. The first-order chi connectivity index (χ1) is 9.58. The number of carbonyl (C=O) groups is 2. The normalized spacial score (nSPS) is 9.90. The number of anilines is 2. The van der Waals surface area contributed by atoms with Crippen molar-refractivity contribution in [3.05, 3.63) is 52.6 Å². The molecular weight excluding hydrogens is 301 g/mol. The van der Waals surface area contributed by atoms with E-state index in [0.29, 0.717) is 0 Å². The van der Waals surface area contributed by atoms with Gasteiger partial charge < -0.3 is 10.6 Å². The van der Waals surface area contributed by atoms with Crippen molar-refractivity contribution in [3.63, 3.8) is 0 Å². The van der Waals surface area contributed by atoms with E-state index in [2.05, 4.69) is 15.6 Å². The Bertz CT molecular complexity index is 627. The molecule has 0 atom stereocenters. The van der Waals surface area contributed by atoms with Gasteiger partial charge in [-0.25, -0.2) is 4.98 Å². The molecule has 0 fully saturated rings. The van der Waals surface area contributed by atoms with E-state index in [9.17, 15) is 9.59 Å². The summed E-state index contributed by atoms with van der Waals surface area (Å²) >= 11 is 11.8. The molecule has 1 aromatic heterocycles. The van der Waals surface area contributed by atoms with Gasteiger partial charge in [0.1, 0.15) is 5.82 Å². The molecule has 0 saturated carbocycles. The van der Waals surface area contributed by atoms with Crippen LogP contribution in [0.5, 0.6) is 0 Å². The molecule has 102 valence electrons. The standard InChI is InChI=1S/C13H9Cl2N3O2/c14-8-4-3-5-9(15)11(8)18-13(20)12(19)17-10-6-1-2-7-16-10/h1-7H,(H,18,20)(H,16,17,19). The van der Waals surface area contributed by atoms with Gasteiger partial charge in [0.25, 0.3) is 0 Å². The fraction of sp³-hybridized carbons (Fsp3) is 0. The molecule has 0 spiro atoms. The molecule has 0 unspecified atom stereocenters. The zero-order valence-corrected chi connectivity index (χ0v) is 11.6. The smallest absolute Gasteiger partial charge is 0.315 e. The van der Waals surface area contributed by atoms with Gasteiger partial charge in [0, 0.05) is 6.20 Å². The maximum atomic E-state index is 11.8. The van der Waals surface area contributed by atoms with Crippen molar-refractivity contribution in [2.24, 2.45) is 0 Å². The Morgan fingerprint density at radius 3 is 2.15 bits per heavy atom. The van der Waals surface area contributed by atoms with Crippen LogP contribution in [0.15, 0.2) is 42.6 Å². The summed E-state index contributed by atoms with van der Waals surface area (Å²) in [5, 5.41) is 5.20. The van der Waals surface area contributed by atoms with Crippen LogP contribution < -0.4 is 10.6 Å². The summed E-state index contributed by atoms with van der Waals surface area (Å²) in [6, 6.07) is 9.69. The highest BCUT2D eigenvalue weighted by atomic mass is 35.5. The van der Waals surface area contributed by atoms with Crippen molar-refractivity contribution in [1.82, 2.24) is 4.98 Å². The number of rotatable bonds is 2. The van der Waals surface area contributed by atoms with E-state index in [4.69, 9.17) is 23.2 Å². The summed E-state index contributed by atoms with van der Waals surface area (Å²) in [6.07, 6.45) is 1.50. The van der Waals surface area contributed by atoms with Crippen LogP contribution >= 0.6 is 23.2 Å². The maximum absolute atomic E-state index is 11.8. The minimum atomic E-state index is -0.884. The third kappa shape index (κ3) is 3.46. The van der Waals surface area contributed by atoms with E-state index in [1.54, 1.807) is 36.4 Å². The van der Waals surface area contributed by atoms with Crippen molar-refractivity contribution in [3.8, 4) is 0 Å². The minimum Gasteiger partial charge on any atom is -0.315 e. The second-order valence-electron chi connectivity index (χ2n) is 3.72. The fourth-order valence-corrected chi connectivity index (χ4v) is 1.89. The third-order valence-corrected chi connectivity index (χ3v) is 2.94. The molecule has 0 radical (unpaired) electrons. The summed E-state index contributed by atoms with van der Waals surface area (Å²) in [7, 11) is 0. The maximum Gasteiger partial charge on any atom is 0.315 e. The first-order valence-corrected chi connectivity index (χ1v) is 6.31. The zero-order valence-electron chi connectivity index (χ0n) is 10.1. The number of halogens is 2. The Labute approximate surface area is 124 Å². The largest absolute Gasteiger partial charge is 0.315 e. The number of nitrogens with one attached hydrogen (secondary N) is 2. The fourth-order valence-electron chi connectivity index (χ4n) is 1.40. The SMILES string of the molecule is O=C(Nc1ccccn1)C(=O)Nc1c(Cl)cccc1Cl. The lowest BCUT2D eigenvalue weighted by Crippen LogP contribution is -2.29. The van der Waals surface area contributed by atoms with Crippen LogP contribution in [0.4, 0.5) is 11.5 Å². The van der Waals surface area contributed by atoms with Crippen LogP contribution in [-0.2, 0) is 9.59 Å². The molecule has 0 aliphatic heterocycles. The summed E-state index contributed by atoms with van der Waals surface area (Å²) in [5.41, 5.74) is 0.192. The van der Waals surface area contributed by atoms with Crippen molar-refractivity contribution >= 4 is 46.5 Å². The molecule has 5 nitrogen and oxygen atoms in total. The van der Waals surface area contributed by atoms with E-state index in [0.717, 1.165) is 0 Å². The Kier molecular flexibility index (Phi) is 4.55. The summed E-state index contributed by atoms with van der Waals surface area (Å²) in [5.74, 6) is -1.47. The first kappa shape index (κ1) is 14.3. The average Bonchev–Trinajstić information content (AvgIpc) is 2.44. The number of amides is 2. The summed E-state index contributed by atoms with van der Waals surface area (Å²) < 4.78 is 0. The number of hydrogen-bond donors (Lipinski definition) is 2. The Morgan fingerprint density at radius 2 is 1.55 bits per heavy atom. The molecule has 1 heterocycles. The number of carbonyl (C=O) groups excluding carboxylic acids is 2. The number of aromatic nitrogens is 1. The molecule has 1 aromatic carbocycles. The predicted molar refractivity (Wildman–Crippen MR) is 78.0 cm³/mol. The van der Waals surface area contributed by atoms with Crippen molar-refractivity contribution in [1.29, 1.82) is 0 Å². The number of benzene rings is 1.